The Kier molecular flexibility index (Phi) is 4.29. The average molecular weight is 384 g/mol. The molecule has 2 aromatic carbocycles. The minimum absolute atomic E-state index is 0.194. The zero-order valence-corrected chi connectivity index (χ0v) is 12.6. The van der Waals surface area contributed by atoms with Crippen LogP contribution < -0.4 is 15.2 Å². The smallest absolute Gasteiger partial charge is 0.153 e. The van der Waals surface area contributed by atoms with Gasteiger partial charge in [0.25, 0.3) is 0 Å². The quantitative estimate of drug-likeness (QED) is 0.648. The van der Waals surface area contributed by atoms with Gasteiger partial charge in [0.05, 0.1) is 28.0 Å². The first-order valence-corrected chi connectivity index (χ1v) is 6.63. The summed E-state index contributed by atoms with van der Waals surface area (Å²) in [6.07, 6.45) is 0. The molecule has 2 N–H and O–H groups in total. The van der Waals surface area contributed by atoms with Gasteiger partial charge in [0, 0.05) is 12.1 Å². The third-order valence-corrected chi connectivity index (χ3v) is 3.35. The highest BCUT2D eigenvalue weighted by atomic mass is 127. The zero-order chi connectivity index (χ0) is 14.7. The number of benzene rings is 2. The van der Waals surface area contributed by atoms with Crippen molar-refractivity contribution in [1.29, 1.82) is 5.26 Å². The lowest BCUT2D eigenvalue weighted by atomic mass is 10.2. The van der Waals surface area contributed by atoms with Crippen LogP contribution in [0.3, 0.4) is 0 Å². The number of nitrogens with two attached hydrogens (primary N) is 1. The maximum Gasteiger partial charge on any atom is 0.153 e. The van der Waals surface area contributed by atoms with Crippen LogP contribution in [-0.2, 0) is 0 Å². The first-order chi connectivity index (χ1) is 9.53. The molecule has 0 fully saturated rings. The minimum Gasteiger partial charge on any atom is -0.497 e. The Bertz CT molecular complexity index is 698. The van der Waals surface area contributed by atoms with E-state index in [0.29, 0.717) is 26.3 Å². The van der Waals surface area contributed by atoms with Gasteiger partial charge in [0.15, 0.2) is 5.75 Å². The number of hydrogen-bond donors (Lipinski definition) is 1. The number of nitrogen functional groups attached to an aromatic ring is 1. The molecule has 0 unspecified atom stereocenters. The number of ether oxygens (including phenoxy) is 2. The molecule has 6 heteroatoms. The van der Waals surface area contributed by atoms with Crippen LogP contribution in [0.2, 0.25) is 0 Å². The number of methoxy groups -OCH3 is 1. The largest absolute Gasteiger partial charge is 0.497 e. The molecule has 2 aromatic rings. The van der Waals surface area contributed by atoms with Crippen LogP contribution in [0.25, 0.3) is 0 Å². The fourth-order valence-electron chi connectivity index (χ4n) is 1.57. The molecule has 0 aromatic heterocycles. The highest BCUT2D eigenvalue weighted by molar-refractivity contribution is 14.1. The zero-order valence-electron chi connectivity index (χ0n) is 10.5. The molecule has 0 radical (unpaired) electrons. The van der Waals surface area contributed by atoms with E-state index in [1.165, 1.54) is 25.3 Å². The van der Waals surface area contributed by atoms with Crippen molar-refractivity contribution in [3.8, 4) is 23.3 Å². The summed E-state index contributed by atoms with van der Waals surface area (Å²) in [4.78, 5) is 0. The fourth-order valence-corrected chi connectivity index (χ4v) is 2.06. The van der Waals surface area contributed by atoms with Gasteiger partial charge < -0.3 is 15.2 Å². The Balaban J connectivity index is 2.40. The van der Waals surface area contributed by atoms with E-state index in [1.54, 1.807) is 12.1 Å². The molecule has 4 nitrogen and oxygen atoms in total. The SMILES string of the molecule is COc1cc(C#N)cc(Oc2cc(F)c(I)cc2N)c1. The summed E-state index contributed by atoms with van der Waals surface area (Å²) < 4.78 is 24.5. The standard InChI is InChI=1S/C14H10FIN2O2/c1-19-9-2-8(7-17)3-10(4-9)20-14-5-11(15)12(16)6-13(14)18/h2-6H,18H2,1H3. The topological polar surface area (TPSA) is 68.3 Å². The highest BCUT2D eigenvalue weighted by Gasteiger charge is 2.10. The molecule has 0 saturated heterocycles. The molecule has 0 spiro atoms. The molecule has 0 aliphatic carbocycles. The molecule has 102 valence electrons. The number of halogens is 2. The lowest BCUT2D eigenvalue weighted by Gasteiger charge is -2.11. The van der Waals surface area contributed by atoms with Crippen molar-refractivity contribution in [1.82, 2.24) is 0 Å². The Morgan fingerprint density at radius 1 is 1.20 bits per heavy atom. The molecule has 0 amide bonds. The van der Waals surface area contributed by atoms with Gasteiger partial charge in [-0.15, -0.1) is 0 Å². The summed E-state index contributed by atoms with van der Waals surface area (Å²) in [7, 11) is 1.49. The van der Waals surface area contributed by atoms with Gasteiger partial charge in [-0.2, -0.15) is 5.26 Å². The first kappa shape index (κ1) is 14.4. The van der Waals surface area contributed by atoms with E-state index < -0.39 is 5.82 Å². The number of anilines is 1. The fraction of sp³-hybridized carbons (Fsp3) is 0.0714. The molecule has 0 atom stereocenters. The third-order valence-electron chi connectivity index (χ3n) is 2.53. The van der Waals surface area contributed by atoms with E-state index in [9.17, 15) is 4.39 Å². The predicted molar refractivity (Wildman–Crippen MR) is 81.3 cm³/mol. The van der Waals surface area contributed by atoms with Crippen molar-refractivity contribution in [2.24, 2.45) is 0 Å². The van der Waals surface area contributed by atoms with E-state index in [0.717, 1.165) is 0 Å². The highest BCUT2D eigenvalue weighted by Crippen LogP contribution is 2.32. The molecule has 0 bridgehead atoms. The van der Waals surface area contributed by atoms with Crippen molar-refractivity contribution >= 4 is 28.3 Å². The van der Waals surface area contributed by atoms with Gasteiger partial charge in [-0.3, -0.25) is 0 Å². The van der Waals surface area contributed by atoms with Crippen LogP contribution in [0, 0.1) is 20.7 Å². The molecule has 0 saturated carbocycles. The van der Waals surface area contributed by atoms with Crippen LogP contribution in [-0.4, -0.2) is 7.11 Å². The van der Waals surface area contributed by atoms with Gasteiger partial charge in [0.1, 0.15) is 17.3 Å². The number of nitriles is 1. The van der Waals surface area contributed by atoms with Crippen molar-refractivity contribution in [2.75, 3.05) is 12.8 Å². The first-order valence-electron chi connectivity index (χ1n) is 5.55. The lowest BCUT2D eigenvalue weighted by molar-refractivity contribution is 0.408. The number of hydrogen-bond acceptors (Lipinski definition) is 4. The molecular formula is C14H10FIN2O2. The Hall–Kier alpha value is -2.01. The molecule has 20 heavy (non-hydrogen) atoms. The summed E-state index contributed by atoms with van der Waals surface area (Å²) in [6, 6.07) is 9.38. The summed E-state index contributed by atoms with van der Waals surface area (Å²) in [6.45, 7) is 0. The van der Waals surface area contributed by atoms with Crippen molar-refractivity contribution < 1.29 is 13.9 Å². The van der Waals surface area contributed by atoms with Gasteiger partial charge in [-0.1, -0.05) is 0 Å². The second-order valence-electron chi connectivity index (χ2n) is 3.92. The molecule has 0 aliphatic heterocycles. The second-order valence-corrected chi connectivity index (χ2v) is 5.08. The van der Waals surface area contributed by atoms with E-state index >= 15 is 0 Å². The van der Waals surface area contributed by atoms with Gasteiger partial charge in [-0.05, 0) is 40.8 Å². The van der Waals surface area contributed by atoms with Crippen molar-refractivity contribution in [2.45, 2.75) is 0 Å². The van der Waals surface area contributed by atoms with E-state index in [2.05, 4.69) is 0 Å². The Labute approximate surface area is 129 Å². The van der Waals surface area contributed by atoms with Crippen molar-refractivity contribution in [3.05, 3.63) is 45.3 Å². The molecule has 0 heterocycles. The minimum atomic E-state index is -0.418. The van der Waals surface area contributed by atoms with E-state index in [-0.39, 0.29) is 5.75 Å². The van der Waals surface area contributed by atoms with E-state index in [4.69, 9.17) is 20.5 Å². The molecule has 0 aliphatic rings. The summed E-state index contributed by atoms with van der Waals surface area (Å²) in [5, 5.41) is 8.94. The average Bonchev–Trinajstić information content (AvgIpc) is 2.44. The monoisotopic (exact) mass is 384 g/mol. The molecule has 2 rings (SSSR count). The third kappa shape index (κ3) is 3.11. The van der Waals surface area contributed by atoms with E-state index in [1.807, 2.05) is 28.7 Å². The normalized spacial score (nSPS) is 9.90. The van der Waals surface area contributed by atoms with Crippen LogP contribution >= 0.6 is 22.6 Å². The van der Waals surface area contributed by atoms with Crippen LogP contribution in [0.4, 0.5) is 10.1 Å². The van der Waals surface area contributed by atoms with Gasteiger partial charge >= 0.3 is 0 Å². The summed E-state index contributed by atoms with van der Waals surface area (Å²) >= 11 is 1.85. The Morgan fingerprint density at radius 2 is 1.90 bits per heavy atom. The Morgan fingerprint density at radius 3 is 2.55 bits per heavy atom. The van der Waals surface area contributed by atoms with Crippen LogP contribution in [0.1, 0.15) is 5.56 Å². The van der Waals surface area contributed by atoms with Crippen LogP contribution in [0.5, 0.6) is 17.2 Å². The number of nitrogens with zero attached hydrogens (tertiary/aromatic N) is 1. The predicted octanol–water partition coefficient (Wildman–Crippen LogP) is 3.69. The van der Waals surface area contributed by atoms with Crippen molar-refractivity contribution in [3.63, 3.8) is 0 Å². The maximum absolute atomic E-state index is 13.5. The second kappa shape index (κ2) is 5.96. The van der Waals surface area contributed by atoms with Gasteiger partial charge in [-0.25, -0.2) is 4.39 Å². The number of rotatable bonds is 3. The summed E-state index contributed by atoms with van der Waals surface area (Å²) in [5.74, 6) is 0.607. The molecular weight excluding hydrogens is 374 g/mol. The van der Waals surface area contributed by atoms with Gasteiger partial charge in [0.2, 0.25) is 0 Å². The summed E-state index contributed by atoms with van der Waals surface area (Å²) in [5.41, 5.74) is 6.48. The van der Waals surface area contributed by atoms with Crippen LogP contribution in [0.15, 0.2) is 30.3 Å². The lowest BCUT2D eigenvalue weighted by Crippen LogP contribution is -1.96. The maximum atomic E-state index is 13.5.